The van der Waals surface area contributed by atoms with Crippen LogP contribution in [0.3, 0.4) is 0 Å². The van der Waals surface area contributed by atoms with Crippen LogP contribution in [0.2, 0.25) is 0 Å². The first-order chi connectivity index (χ1) is 16.2. The van der Waals surface area contributed by atoms with Crippen molar-refractivity contribution in [2.75, 3.05) is 18.0 Å². The van der Waals surface area contributed by atoms with Crippen molar-refractivity contribution in [1.29, 1.82) is 0 Å². The molecule has 2 aromatic carbocycles. The van der Waals surface area contributed by atoms with Crippen molar-refractivity contribution in [3.8, 4) is 11.3 Å². The Balaban J connectivity index is 1.37. The van der Waals surface area contributed by atoms with Gasteiger partial charge in [-0.15, -0.1) is 11.3 Å². The van der Waals surface area contributed by atoms with Crippen LogP contribution in [0.1, 0.15) is 34.5 Å². The normalized spacial score (nSPS) is 14.2. The number of amides is 1. The van der Waals surface area contributed by atoms with E-state index in [1.54, 1.807) is 35.8 Å². The van der Waals surface area contributed by atoms with Crippen LogP contribution in [-0.4, -0.2) is 30.2 Å². The minimum absolute atomic E-state index is 0.316. The number of piperidine rings is 1. The second-order valence-electron chi connectivity index (χ2n) is 8.00. The Morgan fingerprint density at radius 3 is 2.64 bits per heavy atom. The Morgan fingerprint density at radius 2 is 1.82 bits per heavy atom. The summed E-state index contributed by atoms with van der Waals surface area (Å²) < 4.78 is 13.3. The highest BCUT2D eigenvalue weighted by Gasteiger charge is 2.15. The monoisotopic (exact) mass is 458 g/mol. The average molecular weight is 459 g/mol. The number of benzene rings is 2. The first-order valence-corrected chi connectivity index (χ1v) is 11.8. The maximum atomic E-state index is 13.3. The minimum atomic E-state index is -0.318. The summed E-state index contributed by atoms with van der Waals surface area (Å²) in [6, 6.07) is 19.4. The zero-order chi connectivity index (χ0) is 22.6. The number of halogens is 1. The van der Waals surface area contributed by atoms with Crippen LogP contribution in [-0.2, 0) is 0 Å². The summed E-state index contributed by atoms with van der Waals surface area (Å²) in [5.74, 6) is -0.634. The molecule has 166 valence electrons. The number of hydrazone groups is 1. The number of carbonyl (C=O) groups excluding carboxylic acids is 1. The van der Waals surface area contributed by atoms with Gasteiger partial charge in [0.2, 0.25) is 0 Å². The molecule has 3 heterocycles. The molecule has 1 amide bonds. The fourth-order valence-electron chi connectivity index (χ4n) is 4.04. The van der Waals surface area contributed by atoms with Crippen LogP contribution in [0.15, 0.2) is 71.8 Å². The molecule has 2 aromatic heterocycles. The Labute approximate surface area is 195 Å². The Hall–Kier alpha value is -3.58. The van der Waals surface area contributed by atoms with Gasteiger partial charge < -0.3 is 4.90 Å². The molecule has 0 radical (unpaired) electrons. The van der Waals surface area contributed by atoms with Gasteiger partial charge in [-0.3, -0.25) is 4.79 Å². The second kappa shape index (κ2) is 9.50. The number of nitrogens with zero attached hydrogens (tertiary/aromatic N) is 3. The average Bonchev–Trinajstić information content (AvgIpc) is 3.33. The SMILES string of the molecule is O=C(N/N=C\c1ccc(N2CCCCC2)s1)c1cc(-c2ccc(F)cc2)nc2ccccc12. The predicted octanol–water partition coefficient (Wildman–Crippen LogP) is 5.86. The molecular weight excluding hydrogens is 435 g/mol. The summed E-state index contributed by atoms with van der Waals surface area (Å²) in [4.78, 5) is 21.1. The van der Waals surface area contributed by atoms with Gasteiger partial charge in [0.25, 0.3) is 5.91 Å². The lowest BCUT2D eigenvalue weighted by Crippen LogP contribution is -2.28. The largest absolute Gasteiger partial charge is 0.363 e. The van der Waals surface area contributed by atoms with Crippen LogP contribution in [0, 0.1) is 5.82 Å². The number of para-hydroxylation sites is 1. The van der Waals surface area contributed by atoms with E-state index in [2.05, 4.69) is 26.5 Å². The molecule has 7 heteroatoms. The number of nitrogens with one attached hydrogen (secondary N) is 1. The third-order valence-corrected chi connectivity index (χ3v) is 6.82. The highest BCUT2D eigenvalue weighted by atomic mass is 32.1. The van der Waals surface area contributed by atoms with E-state index in [-0.39, 0.29) is 11.7 Å². The molecule has 33 heavy (non-hydrogen) atoms. The van der Waals surface area contributed by atoms with Gasteiger partial charge in [0.05, 0.1) is 28.0 Å². The van der Waals surface area contributed by atoms with E-state index in [0.717, 1.165) is 28.9 Å². The number of carbonyl (C=O) groups is 1. The predicted molar refractivity (Wildman–Crippen MR) is 133 cm³/mol. The maximum Gasteiger partial charge on any atom is 0.272 e. The lowest BCUT2D eigenvalue weighted by molar-refractivity contribution is 0.0956. The quantitative estimate of drug-likeness (QED) is 0.301. The van der Waals surface area contributed by atoms with Crippen LogP contribution < -0.4 is 10.3 Å². The number of thiophene rings is 1. The Bertz CT molecular complexity index is 1310. The lowest BCUT2D eigenvalue weighted by atomic mass is 10.0. The molecule has 0 bridgehead atoms. The van der Waals surface area contributed by atoms with Crippen molar-refractivity contribution in [3.63, 3.8) is 0 Å². The Kier molecular flexibility index (Phi) is 6.13. The first kappa shape index (κ1) is 21.3. The third-order valence-electron chi connectivity index (χ3n) is 5.74. The standard InChI is InChI=1S/C26H23FN4OS/c27-19-10-8-18(9-11-19)24-16-22(21-6-2-3-7-23(21)29-24)26(32)30-28-17-20-12-13-25(33-20)31-14-4-1-5-15-31/h2-3,6-13,16-17H,1,4-5,14-15H2,(H,30,32)/b28-17-. The van der Waals surface area contributed by atoms with E-state index in [0.29, 0.717) is 16.8 Å². The smallest absolute Gasteiger partial charge is 0.272 e. The second-order valence-corrected chi connectivity index (χ2v) is 9.10. The number of hydrogen-bond donors (Lipinski definition) is 1. The van der Waals surface area contributed by atoms with E-state index in [1.165, 1.54) is 36.4 Å². The van der Waals surface area contributed by atoms with Gasteiger partial charge in [-0.2, -0.15) is 5.10 Å². The number of aromatic nitrogens is 1. The number of anilines is 1. The van der Waals surface area contributed by atoms with Gasteiger partial charge in [-0.05, 0) is 67.8 Å². The maximum absolute atomic E-state index is 13.3. The topological polar surface area (TPSA) is 57.6 Å². The number of pyridine rings is 1. The zero-order valence-electron chi connectivity index (χ0n) is 18.0. The van der Waals surface area contributed by atoms with Crippen LogP contribution >= 0.6 is 11.3 Å². The van der Waals surface area contributed by atoms with Gasteiger partial charge in [-0.25, -0.2) is 14.8 Å². The molecule has 0 spiro atoms. The number of hydrogen-bond acceptors (Lipinski definition) is 5. The van der Waals surface area contributed by atoms with E-state index in [4.69, 9.17) is 0 Å². The highest BCUT2D eigenvalue weighted by Crippen LogP contribution is 2.28. The Morgan fingerprint density at radius 1 is 1.03 bits per heavy atom. The third kappa shape index (κ3) is 4.78. The van der Waals surface area contributed by atoms with Crippen molar-refractivity contribution in [1.82, 2.24) is 10.4 Å². The molecule has 0 aliphatic carbocycles. The van der Waals surface area contributed by atoms with Gasteiger partial charge in [0, 0.05) is 28.9 Å². The van der Waals surface area contributed by atoms with Crippen molar-refractivity contribution >= 4 is 39.4 Å². The fraction of sp³-hybridized carbons (Fsp3) is 0.192. The van der Waals surface area contributed by atoms with Crippen molar-refractivity contribution in [3.05, 3.63) is 83.0 Å². The van der Waals surface area contributed by atoms with Gasteiger partial charge in [0.15, 0.2) is 0 Å². The molecule has 4 aromatic rings. The summed E-state index contributed by atoms with van der Waals surface area (Å²) in [5, 5.41) is 6.17. The van der Waals surface area contributed by atoms with Gasteiger partial charge in [-0.1, -0.05) is 18.2 Å². The molecule has 1 aliphatic rings. The van der Waals surface area contributed by atoms with Crippen molar-refractivity contribution in [2.45, 2.75) is 19.3 Å². The lowest BCUT2D eigenvalue weighted by Gasteiger charge is -2.27. The summed E-state index contributed by atoms with van der Waals surface area (Å²) in [5.41, 5.74) is 5.16. The zero-order valence-corrected chi connectivity index (χ0v) is 18.8. The number of fused-ring (bicyclic) bond motifs is 1. The van der Waals surface area contributed by atoms with E-state index in [9.17, 15) is 9.18 Å². The minimum Gasteiger partial charge on any atom is -0.363 e. The molecule has 1 aliphatic heterocycles. The van der Waals surface area contributed by atoms with Crippen LogP contribution in [0.25, 0.3) is 22.2 Å². The van der Waals surface area contributed by atoms with Crippen molar-refractivity contribution < 1.29 is 9.18 Å². The molecule has 1 saturated heterocycles. The molecule has 0 atom stereocenters. The van der Waals surface area contributed by atoms with E-state index < -0.39 is 0 Å². The van der Waals surface area contributed by atoms with Crippen LogP contribution in [0.4, 0.5) is 9.39 Å². The number of rotatable bonds is 5. The molecule has 0 unspecified atom stereocenters. The summed E-state index contributed by atoms with van der Waals surface area (Å²) >= 11 is 1.67. The van der Waals surface area contributed by atoms with Gasteiger partial charge in [0.1, 0.15) is 5.82 Å². The molecule has 5 nitrogen and oxygen atoms in total. The summed E-state index contributed by atoms with van der Waals surface area (Å²) in [6.07, 6.45) is 5.45. The summed E-state index contributed by atoms with van der Waals surface area (Å²) in [7, 11) is 0. The molecule has 5 rings (SSSR count). The van der Waals surface area contributed by atoms with Gasteiger partial charge >= 0.3 is 0 Å². The fourth-order valence-corrected chi connectivity index (χ4v) is 4.97. The molecule has 1 fully saturated rings. The first-order valence-electron chi connectivity index (χ1n) is 11.0. The molecular formula is C26H23FN4OS. The highest BCUT2D eigenvalue weighted by molar-refractivity contribution is 7.17. The molecule has 1 N–H and O–H groups in total. The van der Waals surface area contributed by atoms with Crippen LogP contribution in [0.5, 0.6) is 0 Å². The molecule has 0 saturated carbocycles. The van der Waals surface area contributed by atoms with E-state index >= 15 is 0 Å². The van der Waals surface area contributed by atoms with Crippen molar-refractivity contribution in [2.24, 2.45) is 5.10 Å². The summed E-state index contributed by atoms with van der Waals surface area (Å²) in [6.45, 7) is 2.19. The van der Waals surface area contributed by atoms with E-state index in [1.807, 2.05) is 30.3 Å².